The second kappa shape index (κ2) is 4.82. The summed E-state index contributed by atoms with van der Waals surface area (Å²) in [6.45, 7) is 9.71. The fraction of sp³-hybridized carbons (Fsp3) is 0.684. The number of nitrogens with zero attached hydrogens (tertiary/aromatic N) is 2. The van der Waals surface area contributed by atoms with Crippen LogP contribution in [0.15, 0.2) is 30.3 Å². The van der Waals surface area contributed by atoms with E-state index in [4.69, 9.17) is 0 Å². The second-order valence-electron chi connectivity index (χ2n) is 7.89. The first-order valence-corrected chi connectivity index (χ1v) is 8.68. The molecule has 0 amide bonds. The number of hydrogen-bond acceptors (Lipinski definition) is 2. The van der Waals surface area contributed by atoms with Crippen LogP contribution in [-0.4, -0.2) is 40.5 Å². The van der Waals surface area contributed by atoms with E-state index in [1.165, 1.54) is 50.9 Å². The molecule has 1 aromatic carbocycles. The third-order valence-corrected chi connectivity index (χ3v) is 6.33. The molecule has 2 nitrogen and oxygen atoms in total. The lowest BCUT2D eigenvalue weighted by atomic mass is 9.48. The first-order valence-electron chi connectivity index (χ1n) is 8.68. The molecule has 1 heterocycles. The van der Waals surface area contributed by atoms with Crippen LogP contribution in [0.3, 0.4) is 0 Å². The molecule has 1 saturated heterocycles. The fourth-order valence-electron chi connectivity index (χ4n) is 5.29. The van der Waals surface area contributed by atoms with Gasteiger partial charge in [0.1, 0.15) is 0 Å². The normalized spacial score (nSPS) is 38.3. The van der Waals surface area contributed by atoms with Crippen molar-refractivity contribution in [3.8, 4) is 0 Å². The van der Waals surface area contributed by atoms with Crippen LogP contribution >= 0.6 is 0 Å². The summed E-state index contributed by atoms with van der Waals surface area (Å²) in [5.74, 6) is 1.07. The van der Waals surface area contributed by atoms with Crippen LogP contribution in [0.2, 0.25) is 0 Å². The average Bonchev–Trinajstić information content (AvgIpc) is 2.75. The molecule has 4 fully saturated rings. The van der Waals surface area contributed by atoms with E-state index in [0.29, 0.717) is 11.1 Å². The van der Waals surface area contributed by atoms with Gasteiger partial charge in [-0.15, -0.1) is 0 Å². The van der Waals surface area contributed by atoms with Crippen LogP contribution in [0.1, 0.15) is 45.1 Å². The molecule has 0 spiro atoms. The van der Waals surface area contributed by atoms with Crippen molar-refractivity contribution in [2.45, 2.75) is 57.2 Å². The quantitative estimate of drug-likeness (QED) is 0.816. The highest BCUT2D eigenvalue weighted by Gasteiger charge is 2.62. The Bertz CT molecular complexity index is 495. The Morgan fingerprint density at radius 2 is 1.90 bits per heavy atom. The SMILES string of the molecule is CCN(C12CC(C1)C2)[C@@]1(C)CCN(Cc2ccccc2)C1. The standard InChI is InChI=1S/C19H28N2/c1-3-21(19-11-17(12-19)13-19)18(2)9-10-20(15-18)14-16-7-5-4-6-8-16/h4-8,17H,3,9-15H2,1-2H3/t17?,18-,19?/m0/s1. The van der Waals surface area contributed by atoms with Gasteiger partial charge >= 0.3 is 0 Å². The first kappa shape index (κ1) is 13.8. The van der Waals surface area contributed by atoms with E-state index in [1.807, 2.05) is 0 Å². The highest BCUT2D eigenvalue weighted by Crippen LogP contribution is 2.62. The summed E-state index contributed by atoms with van der Waals surface area (Å²) in [6.07, 6.45) is 5.78. The molecule has 1 atom stereocenters. The van der Waals surface area contributed by atoms with Gasteiger partial charge in [0.15, 0.2) is 0 Å². The van der Waals surface area contributed by atoms with Crippen molar-refractivity contribution in [2.24, 2.45) is 5.92 Å². The Hall–Kier alpha value is -0.860. The number of hydrogen-bond donors (Lipinski definition) is 0. The van der Waals surface area contributed by atoms with Gasteiger partial charge in [0.05, 0.1) is 0 Å². The van der Waals surface area contributed by atoms with E-state index in [1.54, 1.807) is 0 Å². The molecule has 0 unspecified atom stereocenters. The molecule has 2 heteroatoms. The molecule has 4 aliphatic rings. The predicted molar refractivity (Wildman–Crippen MR) is 87.2 cm³/mol. The molecule has 5 rings (SSSR count). The molecular formula is C19H28N2. The van der Waals surface area contributed by atoms with E-state index in [0.717, 1.165) is 12.5 Å². The minimum Gasteiger partial charge on any atom is -0.297 e. The first-order chi connectivity index (χ1) is 10.1. The summed E-state index contributed by atoms with van der Waals surface area (Å²) in [5.41, 5.74) is 2.46. The molecule has 2 bridgehead atoms. The molecule has 0 aromatic heterocycles. The minimum atomic E-state index is 0.398. The fourth-order valence-corrected chi connectivity index (χ4v) is 5.29. The smallest absolute Gasteiger partial charge is 0.0326 e. The number of rotatable bonds is 5. The zero-order valence-corrected chi connectivity index (χ0v) is 13.5. The van der Waals surface area contributed by atoms with Crippen LogP contribution in [-0.2, 0) is 6.54 Å². The summed E-state index contributed by atoms with van der Waals surface area (Å²) >= 11 is 0. The average molecular weight is 284 g/mol. The van der Waals surface area contributed by atoms with Crippen molar-refractivity contribution in [1.29, 1.82) is 0 Å². The van der Waals surface area contributed by atoms with E-state index in [2.05, 4.69) is 54.0 Å². The van der Waals surface area contributed by atoms with Gasteiger partial charge in [0.2, 0.25) is 0 Å². The van der Waals surface area contributed by atoms with Crippen LogP contribution < -0.4 is 0 Å². The Labute approximate surface area is 129 Å². The summed E-state index contributed by atoms with van der Waals surface area (Å²) in [6, 6.07) is 10.9. The summed E-state index contributed by atoms with van der Waals surface area (Å²) < 4.78 is 0. The topological polar surface area (TPSA) is 6.48 Å². The Morgan fingerprint density at radius 1 is 1.19 bits per heavy atom. The summed E-state index contributed by atoms with van der Waals surface area (Å²) in [7, 11) is 0. The molecular weight excluding hydrogens is 256 g/mol. The highest BCUT2D eigenvalue weighted by atomic mass is 15.3. The number of likely N-dealkylation sites (tertiary alicyclic amines) is 1. The van der Waals surface area contributed by atoms with E-state index >= 15 is 0 Å². The van der Waals surface area contributed by atoms with Gasteiger partial charge in [0.25, 0.3) is 0 Å². The third kappa shape index (κ3) is 2.15. The van der Waals surface area contributed by atoms with Gasteiger partial charge in [-0.05, 0) is 50.6 Å². The van der Waals surface area contributed by atoms with Crippen molar-refractivity contribution in [1.82, 2.24) is 9.80 Å². The zero-order chi connectivity index (χ0) is 14.5. The van der Waals surface area contributed by atoms with Gasteiger partial charge in [-0.3, -0.25) is 9.80 Å². The van der Waals surface area contributed by atoms with Crippen LogP contribution in [0.4, 0.5) is 0 Å². The molecule has 21 heavy (non-hydrogen) atoms. The zero-order valence-electron chi connectivity index (χ0n) is 13.5. The molecule has 114 valence electrons. The molecule has 0 radical (unpaired) electrons. The lowest BCUT2D eigenvalue weighted by molar-refractivity contribution is -0.177. The Balaban J connectivity index is 1.44. The third-order valence-electron chi connectivity index (χ3n) is 6.33. The lowest BCUT2D eigenvalue weighted by Crippen LogP contribution is -2.73. The minimum absolute atomic E-state index is 0.398. The molecule has 3 saturated carbocycles. The Morgan fingerprint density at radius 3 is 2.48 bits per heavy atom. The maximum absolute atomic E-state index is 2.88. The Kier molecular flexibility index (Phi) is 3.16. The summed E-state index contributed by atoms with van der Waals surface area (Å²) in [5, 5.41) is 0. The molecule has 3 aliphatic carbocycles. The van der Waals surface area contributed by atoms with Gasteiger partial charge in [-0.2, -0.15) is 0 Å². The van der Waals surface area contributed by atoms with E-state index in [-0.39, 0.29) is 0 Å². The monoisotopic (exact) mass is 284 g/mol. The van der Waals surface area contributed by atoms with Crippen molar-refractivity contribution < 1.29 is 0 Å². The largest absolute Gasteiger partial charge is 0.297 e. The highest BCUT2D eigenvalue weighted by molar-refractivity contribution is 5.19. The second-order valence-corrected chi connectivity index (χ2v) is 7.89. The number of benzene rings is 1. The maximum Gasteiger partial charge on any atom is 0.0326 e. The van der Waals surface area contributed by atoms with Crippen LogP contribution in [0, 0.1) is 5.92 Å². The summed E-state index contributed by atoms with van der Waals surface area (Å²) in [4.78, 5) is 5.54. The van der Waals surface area contributed by atoms with Crippen molar-refractivity contribution >= 4 is 0 Å². The maximum atomic E-state index is 2.88. The van der Waals surface area contributed by atoms with Crippen LogP contribution in [0.25, 0.3) is 0 Å². The van der Waals surface area contributed by atoms with Gasteiger partial charge in [0, 0.05) is 30.7 Å². The van der Waals surface area contributed by atoms with Crippen LogP contribution in [0.5, 0.6) is 0 Å². The lowest BCUT2D eigenvalue weighted by Gasteiger charge is -2.69. The van der Waals surface area contributed by atoms with E-state index in [9.17, 15) is 0 Å². The van der Waals surface area contributed by atoms with E-state index < -0.39 is 0 Å². The van der Waals surface area contributed by atoms with Gasteiger partial charge in [-0.1, -0.05) is 37.3 Å². The predicted octanol–water partition coefficient (Wildman–Crippen LogP) is 3.53. The van der Waals surface area contributed by atoms with Gasteiger partial charge in [-0.25, -0.2) is 0 Å². The molecule has 1 aliphatic heterocycles. The number of likely N-dealkylation sites (N-methyl/N-ethyl adjacent to an activating group) is 1. The van der Waals surface area contributed by atoms with Crippen molar-refractivity contribution in [3.63, 3.8) is 0 Å². The molecule has 1 aromatic rings. The molecule has 0 N–H and O–H groups in total. The van der Waals surface area contributed by atoms with Gasteiger partial charge < -0.3 is 0 Å². The van der Waals surface area contributed by atoms with Crippen molar-refractivity contribution in [2.75, 3.05) is 19.6 Å². The van der Waals surface area contributed by atoms with Crippen molar-refractivity contribution in [3.05, 3.63) is 35.9 Å².